The first-order valence-corrected chi connectivity index (χ1v) is 10.2. The highest BCUT2D eigenvalue weighted by molar-refractivity contribution is 5.85. The Hall–Kier alpha value is -4.06. The zero-order valence-electron chi connectivity index (χ0n) is 17.1. The van der Waals surface area contributed by atoms with Crippen molar-refractivity contribution in [2.75, 3.05) is 4.90 Å². The minimum absolute atomic E-state index is 0.0880. The topological polar surface area (TPSA) is 67.9 Å². The fraction of sp³-hybridized carbons (Fsp3) is 0.120. The maximum absolute atomic E-state index is 5.72. The van der Waals surface area contributed by atoms with Gasteiger partial charge in [0.15, 0.2) is 0 Å². The first kappa shape index (κ1) is 17.8. The number of fused-ring (bicyclic) bond motifs is 3. The third-order valence-electron chi connectivity index (χ3n) is 5.91. The third-order valence-corrected chi connectivity index (χ3v) is 5.91. The third kappa shape index (κ3) is 2.65. The number of hydrogen-bond donors (Lipinski definition) is 0. The number of para-hydroxylation sites is 2. The number of pyridine rings is 1. The fourth-order valence-corrected chi connectivity index (χ4v) is 4.38. The van der Waals surface area contributed by atoms with Gasteiger partial charge in [0.05, 0.1) is 23.3 Å². The van der Waals surface area contributed by atoms with Crippen molar-refractivity contribution in [1.29, 1.82) is 0 Å². The predicted molar refractivity (Wildman–Crippen MR) is 120 cm³/mol. The highest BCUT2D eigenvalue weighted by atomic mass is 16.4. The molecule has 0 N–H and O–H groups in total. The Balaban J connectivity index is 1.47. The van der Waals surface area contributed by atoms with E-state index in [2.05, 4.69) is 87.2 Å². The van der Waals surface area contributed by atoms with Gasteiger partial charge in [-0.2, -0.15) is 4.98 Å². The Labute approximate surface area is 179 Å². The summed E-state index contributed by atoms with van der Waals surface area (Å²) in [7, 11) is 0. The molecule has 3 aromatic heterocycles. The summed E-state index contributed by atoms with van der Waals surface area (Å²) in [5, 5.41) is 0. The van der Waals surface area contributed by atoms with Gasteiger partial charge in [0.25, 0.3) is 5.71 Å². The summed E-state index contributed by atoms with van der Waals surface area (Å²) in [5.74, 6) is 0.410. The number of nitrogens with zero attached hydrogens (tertiary/aromatic N) is 5. The van der Waals surface area contributed by atoms with Crippen molar-refractivity contribution >= 4 is 28.4 Å². The van der Waals surface area contributed by atoms with E-state index in [9.17, 15) is 0 Å². The minimum atomic E-state index is -0.0880. The van der Waals surface area contributed by atoms with Gasteiger partial charge in [-0.1, -0.05) is 50.2 Å². The molecule has 0 aliphatic carbocycles. The molecule has 2 aromatic carbocycles. The van der Waals surface area contributed by atoms with E-state index in [0.717, 1.165) is 17.1 Å². The van der Waals surface area contributed by atoms with Crippen LogP contribution in [0.5, 0.6) is 0 Å². The van der Waals surface area contributed by atoms with E-state index < -0.39 is 0 Å². The Morgan fingerprint density at radius 3 is 2.10 bits per heavy atom. The SMILES string of the molecule is CC1(C)c2ccccc2N(c2ccc(-c3nc4nccnc4o3)nc2)c2ccccc21. The van der Waals surface area contributed by atoms with Crippen LogP contribution in [-0.4, -0.2) is 19.9 Å². The largest absolute Gasteiger partial charge is 0.414 e. The molecular formula is C25H19N5O. The zero-order valence-corrected chi connectivity index (χ0v) is 17.1. The van der Waals surface area contributed by atoms with Crippen molar-refractivity contribution in [3.05, 3.63) is 90.4 Å². The van der Waals surface area contributed by atoms with Crippen LogP contribution in [0.15, 0.2) is 83.7 Å². The smallest absolute Gasteiger partial charge is 0.266 e. The summed E-state index contributed by atoms with van der Waals surface area (Å²) >= 11 is 0. The lowest BCUT2D eigenvalue weighted by molar-refractivity contribution is 0.604. The molecule has 4 heterocycles. The Bertz CT molecular complexity index is 1340. The Morgan fingerprint density at radius 1 is 0.774 bits per heavy atom. The van der Waals surface area contributed by atoms with Crippen molar-refractivity contribution in [2.24, 2.45) is 0 Å². The summed E-state index contributed by atoms with van der Waals surface area (Å²) in [6.45, 7) is 4.55. The lowest BCUT2D eigenvalue weighted by Crippen LogP contribution is -2.30. The molecule has 6 heteroatoms. The van der Waals surface area contributed by atoms with Crippen molar-refractivity contribution in [3.63, 3.8) is 0 Å². The molecule has 6 nitrogen and oxygen atoms in total. The first-order chi connectivity index (χ1) is 15.1. The van der Waals surface area contributed by atoms with Crippen LogP contribution in [-0.2, 0) is 5.41 Å². The summed E-state index contributed by atoms with van der Waals surface area (Å²) < 4.78 is 5.72. The molecule has 1 aliphatic heterocycles. The molecule has 0 unspecified atom stereocenters. The second-order valence-corrected chi connectivity index (χ2v) is 8.10. The van der Waals surface area contributed by atoms with Crippen LogP contribution in [0.25, 0.3) is 22.9 Å². The highest BCUT2D eigenvalue weighted by Crippen LogP contribution is 2.51. The van der Waals surface area contributed by atoms with Crippen molar-refractivity contribution in [1.82, 2.24) is 19.9 Å². The van der Waals surface area contributed by atoms with Crippen molar-refractivity contribution in [2.45, 2.75) is 19.3 Å². The molecule has 31 heavy (non-hydrogen) atoms. The van der Waals surface area contributed by atoms with E-state index >= 15 is 0 Å². The molecule has 0 spiro atoms. The van der Waals surface area contributed by atoms with E-state index in [1.54, 1.807) is 12.4 Å². The van der Waals surface area contributed by atoms with Gasteiger partial charge in [-0.3, -0.25) is 0 Å². The molecule has 0 atom stereocenters. The van der Waals surface area contributed by atoms with E-state index in [1.165, 1.54) is 11.1 Å². The normalized spacial score (nSPS) is 14.3. The van der Waals surface area contributed by atoms with Crippen LogP contribution < -0.4 is 4.90 Å². The summed E-state index contributed by atoms with van der Waals surface area (Å²) in [5.41, 5.74) is 7.31. The van der Waals surface area contributed by atoms with Gasteiger partial charge in [0.1, 0.15) is 5.69 Å². The first-order valence-electron chi connectivity index (χ1n) is 10.2. The molecule has 0 saturated carbocycles. The molecule has 0 amide bonds. The van der Waals surface area contributed by atoms with Crippen LogP contribution in [0, 0.1) is 0 Å². The van der Waals surface area contributed by atoms with Crippen LogP contribution >= 0.6 is 0 Å². The van der Waals surface area contributed by atoms with Crippen LogP contribution in [0.4, 0.5) is 17.1 Å². The highest BCUT2D eigenvalue weighted by Gasteiger charge is 2.36. The second kappa shape index (κ2) is 6.47. The molecule has 0 bridgehead atoms. The van der Waals surface area contributed by atoms with Gasteiger partial charge in [-0.25, -0.2) is 15.0 Å². The number of aromatic nitrogens is 4. The molecule has 5 aromatic rings. The summed E-state index contributed by atoms with van der Waals surface area (Å²) in [6.07, 6.45) is 5.04. The van der Waals surface area contributed by atoms with Crippen molar-refractivity contribution < 1.29 is 4.42 Å². The monoisotopic (exact) mass is 405 g/mol. The number of hydrogen-bond acceptors (Lipinski definition) is 6. The van der Waals surface area contributed by atoms with E-state index in [1.807, 2.05) is 18.3 Å². The zero-order chi connectivity index (χ0) is 21.0. The maximum atomic E-state index is 5.72. The van der Waals surface area contributed by atoms with Gasteiger partial charge < -0.3 is 9.32 Å². The minimum Gasteiger partial charge on any atom is -0.414 e. The van der Waals surface area contributed by atoms with E-state index in [-0.39, 0.29) is 5.41 Å². The molecule has 0 radical (unpaired) electrons. The van der Waals surface area contributed by atoms with Gasteiger partial charge >= 0.3 is 0 Å². The van der Waals surface area contributed by atoms with Gasteiger partial charge in [0, 0.05) is 17.8 Å². The second-order valence-electron chi connectivity index (χ2n) is 8.10. The van der Waals surface area contributed by atoms with Crippen LogP contribution in [0.2, 0.25) is 0 Å². The maximum Gasteiger partial charge on any atom is 0.266 e. The number of benzene rings is 2. The number of rotatable bonds is 2. The average Bonchev–Trinajstić information content (AvgIpc) is 3.24. The molecule has 150 valence electrons. The van der Waals surface area contributed by atoms with Crippen molar-refractivity contribution in [3.8, 4) is 11.6 Å². The van der Waals surface area contributed by atoms with Crippen LogP contribution in [0.3, 0.4) is 0 Å². The van der Waals surface area contributed by atoms with E-state index in [4.69, 9.17) is 4.42 Å². The predicted octanol–water partition coefficient (Wildman–Crippen LogP) is 5.79. The Kier molecular flexibility index (Phi) is 3.71. The molecule has 0 fully saturated rings. The fourth-order valence-electron chi connectivity index (χ4n) is 4.38. The number of anilines is 3. The lowest BCUT2D eigenvalue weighted by Gasteiger charge is -2.41. The Morgan fingerprint density at radius 2 is 1.45 bits per heavy atom. The van der Waals surface area contributed by atoms with Gasteiger partial charge in [0.2, 0.25) is 11.5 Å². The molecule has 1 aliphatic rings. The standard InChI is InChI=1S/C25H19N5O/c1-25(2)17-7-3-5-9-20(17)30(21-10-6-4-8-18(21)25)16-11-12-19(28-15-16)23-29-22-24(31-23)27-14-13-26-22/h3-15H,1-2H3. The molecule has 0 saturated heterocycles. The lowest BCUT2D eigenvalue weighted by atomic mass is 9.73. The molecular weight excluding hydrogens is 386 g/mol. The van der Waals surface area contributed by atoms with Crippen LogP contribution in [0.1, 0.15) is 25.0 Å². The van der Waals surface area contributed by atoms with Gasteiger partial charge in [-0.15, -0.1) is 0 Å². The van der Waals surface area contributed by atoms with Gasteiger partial charge in [-0.05, 0) is 35.4 Å². The number of oxazole rings is 1. The average molecular weight is 405 g/mol. The summed E-state index contributed by atoms with van der Waals surface area (Å²) in [6, 6.07) is 21.1. The summed E-state index contributed by atoms with van der Waals surface area (Å²) in [4.78, 5) is 19.6. The quantitative estimate of drug-likeness (QED) is 0.370. The van der Waals surface area contributed by atoms with E-state index in [0.29, 0.717) is 22.9 Å². The molecule has 6 rings (SSSR count).